The molecule has 1 aromatic heterocycles. The van der Waals surface area contributed by atoms with E-state index in [0.717, 1.165) is 16.7 Å². The van der Waals surface area contributed by atoms with E-state index < -0.39 is 0 Å². The van der Waals surface area contributed by atoms with E-state index in [9.17, 15) is 0 Å². The van der Waals surface area contributed by atoms with Crippen molar-refractivity contribution in [2.45, 2.75) is 0 Å². The van der Waals surface area contributed by atoms with Gasteiger partial charge in [0.15, 0.2) is 0 Å². The summed E-state index contributed by atoms with van der Waals surface area (Å²) in [7, 11) is 0. The number of pyridine rings is 1. The van der Waals surface area contributed by atoms with E-state index in [1.165, 1.54) is 0 Å². The van der Waals surface area contributed by atoms with Crippen LogP contribution in [0.3, 0.4) is 0 Å². The molecule has 2 rings (SSSR count). The maximum atomic E-state index is 5.50. The van der Waals surface area contributed by atoms with Crippen LogP contribution in [0.1, 0.15) is 0 Å². The second kappa shape index (κ2) is 4.07. The Labute approximate surface area is 82.5 Å². The van der Waals surface area contributed by atoms with Crippen molar-refractivity contribution < 1.29 is 4.74 Å². The van der Waals surface area contributed by atoms with Crippen LogP contribution in [0.5, 0.6) is 5.75 Å². The number of ether oxygens (including phenoxy) is 1. The number of fused-ring (bicyclic) bond motifs is 1. The van der Waals surface area contributed by atoms with Gasteiger partial charge in [-0.15, -0.1) is 0 Å². The molecule has 0 atom stereocenters. The molecular formula is C11H12N2O. The van der Waals surface area contributed by atoms with Crippen molar-refractivity contribution in [3.05, 3.63) is 36.5 Å². The first-order chi connectivity index (χ1) is 6.92. The van der Waals surface area contributed by atoms with Gasteiger partial charge in [-0.25, -0.2) is 0 Å². The van der Waals surface area contributed by atoms with Gasteiger partial charge in [0, 0.05) is 18.1 Å². The zero-order chi connectivity index (χ0) is 9.80. The number of nitrogens with two attached hydrogens (primary N) is 1. The Balaban J connectivity index is 2.43. The van der Waals surface area contributed by atoms with Crippen molar-refractivity contribution in [3.63, 3.8) is 0 Å². The Morgan fingerprint density at radius 2 is 2.07 bits per heavy atom. The van der Waals surface area contributed by atoms with Gasteiger partial charge in [-0.05, 0) is 18.2 Å². The summed E-state index contributed by atoms with van der Waals surface area (Å²) in [5, 5.41) is 1.03. The lowest BCUT2D eigenvalue weighted by atomic mass is 10.2. The number of hydrogen-bond donors (Lipinski definition) is 1. The molecule has 14 heavy (non-hydrogen) atoms. The SMILES string of the molecule is NCCOc1ccnc2ccccc12. The number of rotatable bonds is 3. The maximum Gasteiger partial charge on any atom is 0.130 e. The molecular weight excluding hydrogens is 176 g/mol. The smallest absolute Gasteiger partial charge is 0.130 e. The Kier molecular flexibility index (Phi) is 2.60. The first-order valence-electron chi connectivity index (χ1n) is 4.58. The number of hydrogen-bond acceptors (Lipinski definition) is 3. The molecule has 0 unspecified atom stereocenters. The molecule has 0 aliphatic rings. The highest BCUT2D eigenvalue weighted by molar-refractivity contribution is 5.84. The molecule has 3 nitrogen and oxygen atoms in total. The molecule has 0 radical (unpaired) electrons. The summed E-state index contributed by atoms with van der Waals surface area (Å²) in [6.07, 6.45) is 1.74. The molecule has 1 aromatic carbocycles. The molecule has 2 aromatic rings. The van der Waals surface area contributed by atoms with Crippen LogP contribution in [0, 0.1) is 0 Å². The van der Waals surface area contributed by atoms with E-state index in [4.69, 9.17) is 10.5 Å². The predicted octanol–water partition coefficient (Wildman–Crippen LogP) is 1.57. The highest BCUT2D eigenvalue weighted by Crippen LogP contribution is 2.22. The van der Waals surface area contributed by atoms with Gasteiger partial charge in [0.1, 0.15) is 12.4 Å². The van der Waals surface area contributed by atoms with Crippen LogP contribution in [-0.4, -0.2) is 18.1 Å². The monoisotopic (exact) mass is 188 g/mol. The normalized spacial score (nSPS) is 10.4. The minimum atomic E-state index is 0.524. The zero-order valence-electron chi connectivity index (χ0n) is 7.81. The van der Waals surface area contributed by atoms with Gasteiger partial charge in [0.05, 0.1) is 5.52 Å². The van der Waals surface area contributed by atoms with Crippen LogP contribution in [0.4, 0.5) is 0 Å². The predicted molar refractivity (Wildman–Crippen MR) is 56.3 cm³/mol. The fourth-order valence-corrected chi connectivity index (χ4v) is 1.36. The van der Waals surface area contributed by atoms with Gasteiger partial charge >= 0.3 is 0 Å². The van der Waals surface area contributed by atoms with E-state index >= 15 is 0 Å². The summed E-state index contributed by atoms with van der Waals surface area (Å²) in [5.74, 6) is 0.848. The molecule has 1 heterocycles. The zero-order valence-corrected chi connectivity index (χ0v) is 7.81. The van der Waals surface area contributed by atoms with Crippen LogP contribution in [-0.2, 0) is 0 Å². The van der Waals surface area contributed by atoms with Crippen LogP contribution >= 0.6 is 0 Å². The maximum absolute atomic E-state index is 5.50. The van der Waals surface area contributed by atoms with Crippen LogP contribution in [0.25, 0.3) is 10.9 Å². The summed E-state index contributed by atoms with van der Waals surface area (Å²) in [6, 6.07) is 9.75. The molecule has 0 aliphatic carbocycles. The van der Waals surface area contributed by atoms with E-state index in [2.05, 4.69) is 4.98 Å². The van der Waals surface area contributed by atoms with E-state index in [1.807, 2.05) is 30.3 Å². The lowest BCUT2D eigenvalue weighted by Gasteiger charge is -2.06. The molecule has 2 N–H and O–H groups in total. The Morgan fingerprint density at radius 3 is 2.93 bits per heavy atom. The highest BCUT2D eigenvalue weighted by atomic mass is 16.5. The minimum Gasteiger partial charge on any atom is -0.492 e. The van der Waals surface area contributed by atoms with E-state index in [0.29, 0.717) is 13.2 Å². The van der Waals surface area contributed by atoms with E-state index in [-0.39, 0.29) is 0 Å². The first-order valence-corrected chi connectivity index (χ1v) is 4.58. The third-order valence-electron chi connectivity index (χ3n) is 1.98. The van der Waals surface area contributed by atoms with Gasteiger partial charge in [-0.2, -0.15) is 0 Å². The van der Waals surface area contributed by atoms with Crippen molar-refractivity contribution in [1.29, 1.82) is 0 Å². The van der Waals surface area contributed by atoms with Gasteiger partial charge in [-0.1, -0.05) is 12.1 Å². The topological polar surface area (TPSA) is 48.1 Å². The van der Waals surface area contributed by atoms with Crippen molar-refractivity contribution in [2.24, 2.45) is 5.73 Å². The summed E-state index contributed by atoms with van der Waals surface area (Å²) < 4.78 is 5.50. The summed E-state index contributed by atoms with van der Waals surface area (Å²) in [6.45, 7) is 1.06. The third-order valence-corrected chi connectivity index (χ3v) is 1.98. The lowest BCUT2D eigenvalue weighted by Crippen LogP contribution is -2.10. The Morgan fingerprint density at radius 1 is 1.21 bits per heavy atom. The summed E-state index contributed by atoms with van der Waals surface area (Å²) in [4.78, 5) is 4.24. The lowest BCUT2D eigenvalue weighted by molar-refractivity contribution is 0.332. The highest BCUT2D eigenvalue weighted by Gasteiger charge is 2.00. The van der Waals surface area contributed by atoms with Crippen LogP contribution in [0.2, 0.25) is 0 Å². The van der Waals surface area contributed by atoms with Crippen LogP contribution < -0.4 is 10.5 Å². The third kappa shape index (κ3) is 1.67. The van der Waals surface area contributed by atoms with E-state index in [1.54, 1.807) is 6.20 Å². The standard InChI is InChI=1S/C11H12N2O/c12-6-8-14-11-5-7-13-10-4-2-1-3-9(10)11/h1-5,7H,6,8,12H2. The molecule has 0 bridgehead atoms. The Hall–Kier alpha value is -1.61. The molecule has 0 saturated carbocycles. The second-order valence-corrected chi connectivity index (χ2v) is 2.96. The molecule has 0 fully saturated rings. The largest absolute Gasteiger partial charge is 0.492 e. The average Bonchev–Trinajstić information content (AvgIpc) is 2.26. The molecule has 0 saturated heterocycles. The van der Waals surface area contributed by atoms with Gasteiger partial charge in [0.2, 0.25) is 0 Å². The van der Waals surface area contributed by atoms with Crippen molar-refractivity contribution in [3.8, 4) is 5.75 Å². The average molecular weight is 188 g/mol. The fraction of sp³-hybridized carbons (Fsp3) is 0.182. The molecule has 72 valence electrons. The first kappa shape index (κ1) is 8.97. The van der Waals surface area contributed by atoms with Gasteiger partial charge in [-0.3, -0.25) is 4.98 Å². The van der Waals surface area contributed by atoms with Gasteiger partial charge < -0.3 is 10.5 Å². The van der Waals surface area contributed by atoms with Crippen molar-refractivity contribution in [2.75, 3.05) is 13.2 Å². The number of nitrogens with zero attached hydrogens (tertiary/aromatic N) is 1. The molecule has 0 amide bonds. The minimum absolute atomic E-state index is 0.524. The van der Waals surface area contributed by atoms with Crippen LogP contribution in [0.15, 0.2) is 36.5 Å². The molecule has 0 aliphatic heterocycles. The summed E-state index contributed by atoms with van der Waals surface area (Å²) >= 11 is 0. The fourth-order valence-electron chi connectivity index (χ4n) is 1.36. The van der Waals surface area contributed by atoms with Gasteiger partial charge in [0.25, 0.3) is 0 Å². The molecule has 0 spiro atoms. The Bertz CT molecular complexity index is 423. The second-order valence-electron chi connectivity index (χ2n) is 2.96. The quantitative estimate of drug-likeness (QED) is 0.795. The van der Waals surface area contributed by atoms with Crippen molar-refractivity contribution >= 4 is 10.9 Å². The number of benzene rings is 1. The van der Waals surface area contributed by atoms with Crippen molar-refractivity contribution in [1.82, 2.24) is 4.98 Å². The number of para-hydroxylation sites is 1. The molecule has 3 heteroatoms. The number of aromatic nitrogens is 1. The summed E-state index contributed by atoms with van der Waals surface area (Å²) in [5.41, 5.74) is 6.33.